The van der Waals surface area contributed by atoms with Crippen LogP contribution in [0.5, 0.6) is 0 Å². The fourth-order valence-electron chi connectivity index (χ4n) is 2.95. The maximum atomic E-state index is 4.60. The molecule has 3 nitrogen and oxygen atoms in total. The number of nitrogens with zero attached hydrogens (tertiary/aromatic N) is 2. The first-order valence-corrected chi connectivity index (χ1v) is 7.19. The Hall–Kier alpha value is -1.38. The van der Waals surface area contributed by atoms with Crippen molar-refractivity contribution < 1.29 is 0 Å². The molecule has 1 aliphatic carbocycles. The molecule has 1 fully saturated rings. The van der Waals surface area contributed by atoms with Crippen LogP contribution in [0.15, 0.2) is 23.3 Å². The Balaban J connectivity index is 1.78. The maximum Gasteiger partial charge on any atom is 0.135 e. The second kappa shape index (κ2) is 5.51. The van der Waals surface area contributed by atoms with Crippen LogP contribution in [0, 0.1) is 0 Å². The third kappa shape index (κ3) is 2.55. The van der Waals surface area contributed by atoms with E-state index in [1.165, 1.54) is 49.8 Å². The number of aliphatic imine (C=N–C) groups is 1. The molecular weight excluding hydrogens is 222 g/mol. The molecule has 1 aliphatic heterocycles. The van der Waals surface area contributed by atoms with Crippen molar-refractivity contribution in [2.45, 2.75) is 51.0 Å². The lowest BCUT2D eigenvalue weighted by molar-refractivity contribution is 0.462. The first-order valence-electron chi connectivity index (χ1n) is 7.19. The molecule has 0 radical (unpaired) electrons. The first kappa shape index (κ1) is 11.7. The van der Waals surface area contributed by atoms with Crippen LogP contribution < -0.4 is 5.32 Å². The van der Waals surface area contributed by atoms with Gasteiger partial charge in [0.1, 0.15) is 5.82 Å². The van der Waals surface area contributed by atoms with E-state index in [0.29, 0.717) is 6.04 Å². The quantitative estimate of drug-likeness (QED) is 0.883. The Morgan fingerprint density at radius 1 is 1.11 bits per heavy atom. The third-order valence-electron chi connectivity index (χ3n) is 3.94. The molecule has 1 aromatic rings. The molecule has 18 heavy (non-hydrogen) atoms. The van der Waals surface area contributed by atoms with Gasteiger partial charge in [-0.1, -0.05) is 19.3 Å². The van der Waals surface area contributed by atoms with E-state index < -0.39 is 0 Å². The molecular formula is C15H21N3. The lowest BCUT2D eigenvalue weighted by atomic mass is 9.95. The molecule has 3 heteroatoms. The largest absolute Gasteiger partial charge is 0.367 e. The minimum absolute atomic E-state index is 0.606. The molecule has 2 heterocycles. The molecule has 0 bridgehead atoms. The fraction of sp³-hybridized carbons (Fsp3) is 0.600. The third-order valence-corrected chi connectivity index (χ3v) is 3.94. The van der Waals surface area contributed by atoms with Crippen LogP contribution >= 0.6 is 0 Å². The summed E-state index contributed by atoms with van der Waals surface area (Å²) in [4.78, 5) is 9.12. The highest BCUT2D eigenvalue weighted by Crippen LogP contribution is 2.24. The average Bonchev–Trinajstić information content (AvgIpc) is 2.94. The summed E-state index contributed by atoms with van der Waals surface area (Å²) in [7, 11) is 0. The molecule has 96 valence electrons. The highest BCUT2D eigenvalue weighted by atomic mass is 15.0. The molecule has 0 unspecified atom stereocenters. The van der Waals surface area contributed by atoms with E-state index in [0.717, 1.165) is 18.8 Å². The van der Waals surface area contributed by atoms with Gasteiger partial charge in [-0.25, -0.2) is 4.98 Å². The maximum absolute atomic E-state index is 4.60. The summed E-state index contributed by atoms with van der Waals surface area (Å²) in [6, 6.07) is 4.78. The van der Waals surface area contributed by atoms with Gasteiger partial charge in [0.25, 0.3) is 0 Å². The molecule has 0 atom stereocenters. The summed E-state index contributed by atoms with van der Waals surface area (Å²) < 4.78 is 0. The van der Waals surface area contributed by atoms with Gasteiger partial charge in [0.05, 0.1) is 0 Å². The minimum Gasteiger partial charge on any atom is -0.367 e. The van der Waals surface area contributed by atoms with Gasteiger partial charge < -0.3 is 5.32 Å². The zero-order valence-corrected chi connectivity index (χ0v) is 10.9. The van der Waals surface area contributed by atoms with Gasteiger partial charge in [-0.2, -0.15) is 0 Å². The average molecular weight is 243 g/mol. The van der Waals surface area contributed by atoms with Gasteiger partial charge in [-0.15, -0.1) is 0 Å². The van der Waals surface area contributed by atoms with Gasteiger partial charge in [-0.05, 0) is 37.8 Å². The van der Waals surface area contributed by atoms with Crippen LogP contribution in [-0.4, -0.2) is 23.3 Å². The second-order valence-electron chi connectivity index (χ2n) is 5.31. The molecule has 1 N–H and O–H groups in total. The predicted molar refractivity (Wildman–Crippen MR) is 75.4 cm³/mol. The minimum atomic E-state index is 0.606. The summed E-state index contributed by atoms with van der Waals surface area (Å²) in [6.07, 6.45) is 10.8. The predicted octanol–water partition coefficient (Wildman–Crippen LogP) is 3.41. The van der Waals surface area contributed by atoms with Crippen molar-refractivity contribution in [2.75, 3.05) is 11.9 Å². The summed E-state index contributed by atoms with van der Waals surface area (Å²) in [6.45, 7) is 0.979. The van der Waals surface area contributed by atoms with Crippen LogP contribution in [0.2, 0.25) is 0 Å². The Morgan fingerprint density at radius 3 is 2.78 bits per heavy atom. The van der Waals surface area contributed by atoms with E-state index in [4.69, 9.17) is 0 Å². The number of hydrogen-bond donors (Lipinski definition) is 1. The van der Waals surface area contributed by atoms with Gasteiger partial charge in [0.15, 0.2) is 0 Å². The number of anilines is 1. The molecule has 0 aromatic carbocycles. The monoisotopic (exact) mass is 243 g/mol. The molecule has 2 aliphatic rings. The van der Waals surface area contributed by atoms with E-state index in [9.17, 15) is 0 Å². The second-order valence-corrected chi connectivity index (χ2v) is 5.31. The first-order chi connectivity index (χ1) is 8.93. The van der Waals surface area contributed by atoms with Crippen molar-refractivity contribution in [3.63, 3.8) is 0 Å². The highest BCUT2D eigenvalue weighted by Gasteiger charge is 2.18. The van der Waals surface area contributed by atoms with Gasteiger partial charge in [0, 0.05) is 30.1 Å². The SMILES string of the molecule is c1cnc(NC2CCCCC2)c(C2=NCCC2)c1. The van der Waals surface area contributed by atoms with Crippen molar-refractivity contribution in [2.24, 2.45) is 4.99 Å². The van der Waals surface area contributed by atoms with Crippen molar-refractivity contribution in [3.05, 3.63) is 23.9 Å². The molecule has 1 saturated carbocycles. The van der Waals surface area contributed by atoms with E-state index >= 15 is 0 Å². The molecule has 3 rings (SSSR count). The van der Waals surface area contributed by atoms with Crippen LogP contribution in [0.25, 0.3) is 0 Å². The Bertz CT molecular complexity index is 433. The molecule has 0 saturated heterocycles. The van der Waals surface area contributed by atoms with Gasteiger partial charge in [0.2, 0.25) is 0 Å². The summed E-state index contributed by atoms with van der Waals surface area (Å²) in [5.74, 6) is 1.05. The fourth-order valence-corrected chi connectivity index (χ4v) is 2.95. The van der Waals surface area contributed by atoms with Gasteiger partial charge >= 0.3 is 0 Å². The topological polar surface area (TPSA) is 37.3 Å². The van der Waals surface area contributed by atoms with Crippen LogP contribution in [0.1, 0.15) is 50.5 Å². The van der Waals surface area contributed by atoms with Crippen molar-refractivity contribution in [1.29, 1.82) is 0 Å². The van der Waals surface area contributed by atoms with E-state index in [1.54, 1.807) is 0 Å². The summed E-state index contributed by atoms with van der Waals surface area (Å²) in [5, 5.41) is 3.63. The zero-order chi connectivity index (χ0) is 12.2. The number of nitrogens with one attached hydrogen (secondary N) is 1. The molecule has 1 aromatic heterocycles. The lowest BCUT2D eigenvalue weighted by Gasteiger charge is -2.24. The van der Waals surface area contributed by atoms with E-state index in [1.807, 2.05) is 12.3 Å². The van der Waals surface area contributed by atoms with Crippen molar-refractivity contribution in [3.8, 4) is 0 Å². The summed E-state index contributed by atoms with van der Waals surface area (Å²) in [5.41, 5.74) is 2.46. The highest BCUT2D eigenvalue weighted by molar-refractivity contribution is 6.05. The Kier molecular flexibility index (Phi) is 3.58. The smallest absolute Gasteiger partial charge is 0.135 e. The van der Waals surface area contributed by atoms with Crippen LogP contribution in [-0.2, 0) is 0 Å². The van der Waals surface area contributed by atoms with E-state index in [-0.39, 0.29) is 0 Å². The molecule has 0 amide bonds. The van der Waals surface area contributed by atoms with Crippen molar-refractivity contribution in [1.82, 2.24) is 4.98 Å². The standard InChI is InChI=1S/C15H21N3/c1-2-6-12(7-3-1)18-15-13(8-4-11-17-15)14-9-5-10-16-14/h4,8,11-12H,1-3,5-7,9-10H2,(H,17,18). The zero-order valence-electron chi connectivity index (χ0n) is 10.9. The van der Waals surface area contributed by atoms with Crippen LogP contribution in [0.3, 0.4) is 0 Å². The van der Waals surface area contributed by atoms with E-state index in [2.05, 4.69) is 21.4 Å². The normalized spacial score (nSPS) is 20.8. The Morgan fingerprint density at radius 2 is 2.00 bits per heavy atom. The summed E-state index contributed by atoms with van der Waals surface area (Å²) >= 11 is 0. The molecule has 0 spiro atoms. The number of aromatic nitrogens is 1. The number of hydrogen-bond acceptors (Lipinski definition) is 3. The van der Waals surface area contributed by atoms with Crippen LogP contribution in [0.4, 0.5) is 5.82 Å². The van der Waals surface area contributed by atoms with Crippen molar-refractivity contribution >= 4 is 11.5 Å². The number of rotatable bonds is 3. The number of pyridine rings is 1. The Labute approximate surface area is 109 Å². The lowest BCUT2D eigenvalue weighted by Crippen LogP contribution is -2.24. The van der Waals surface area contributed by atoms with Gasteiger partial charge in [-0.3, -0.25) is 4.99 Å².